The normalized spacial score (nSPS) is 16.1. The molecule has 1 atom stereocenters. The van der Waals surface area contributed by atoms with Crippen molar-refractivity contribution in [1.29, 1.82) is 0 Å². The predicted octanol–water partition coefficient (Wildman–Crippen LogP) is 3.20. The predicted molar refractivity (Wildman–Crippen MR) is 98.3 cm³/mol. The third kappa shape index (κ3) is 4.99. The molecule has 122 valence electrons. The molecule has 2 aromatic carbocycles. The van der Waals surface area contributed by atoms with Crippen molar-refractivity contribution in [3.63, 3.8) is 0 Å². The van der Waals surface area contributed by atoms with Crippen LogP contribution in [0.3, 0.4) is 0 Å². The number of nitrogens with one attached hydrogen (secondary N) is 2. The van der Waals surface area contributed by atoms with E-state index in [-0.39, 0.29) is 24.4 Å². The second-order valence-corrected chi connectivity index (χ2v) is 6.41. The summed E-state index contributed by atoms with van der Waals surface area (Å²) in [6, 6.07) is 18.7. The molecule has 23 heavy (non-hydrogen) atoms. The lowest BCUT2D eigenvalue weighted by atomic mass is 9.94. The molecule has 0 radical (unpaired) electrons. The molecular formula is C18H21ClN2OS. The van der Waals surface area contributed by atoms with Gasteiger partial charge in [-0.2, -0.15) is 0 Å². The van der Waals surface area contributed by atoms with Gasteiger partial charge in [0.15, 0.2) is 0 Å². The van der Waals surface area contributed by atoms with Gasteiger partial charge in [-0.25, -0.2) is 0 Å². The van der Waals surface area contributed by atoms with Crippen LogP contribution in [0.5, 0.6) is 0 Å². The first kappa shape index (κ1) is 17.9. The van der Waals surface area contributed by atoms with Gasteiger partial charge in [-0.15, -0.1) is 24.2 Å². The van der Waals surface area contributed by atoms with Crippen LogP contribution in [-0.4, -0.2) is 24.7 Å². The summed E-state index contributed by atoms with van der Waals surface area (Å²) in [6.07, 6.45) is 1.06. The van der Waals surface area contributed by atoms with E-state index < -0.39 is 0 Å². The van der Waals surface area contributed by atoms with Crippen molar-refractivity contribution >= 4 is 30.1 Å². The molecule has 0 fully saturated rings. The third-order valence-electron chi connectivity index (χ3n) is 3.83. The lowest BCUT2D eigenvalue weighted by molar-refractivity contribution is -0.118. The zero-order valence-corrected chi connectivity index (χ0v) is 14.5. The summed E-state index contributed by atoms with van der Waals surface area (Å²) >= 11 is 1.57. The molecule has 1 amide bonds. The van der Waals surface area contributed by atoms with Gasteiger partial charge in [0.05, 0.1) is 5.75 Å². The fraction of sp³-hybridized carbons (Fsp3) is 0.278. The van der Waals surface area contributed by atoms with Crippen LogP contribution in [0.4, 0.5) is 0 Å². The highest BCUT2D eigenvalue weighted by atomic mass is 35.5. The van der Waals surface area contributed by atoms with Crippen LogP contribution in [0.25, 0.3) is 0 Å². The Morgan fingerprint density at radius 3 is 2.70 bits per heavy atom. The van der Waals surface area contributed by atoms with Crippen molar-refractivity contribution in [3.05, 3.63) is 65.7 Å². The van der Waals surface area contributed by atoms with Crippen molar-refractivity contribution in [3.8, 4) is 0 Å². The quantitative estimate of drug-likeness (QED) is 0.815. The van der Waals surface area contributed by atoms with E-state index in [0.29, 0.717) is 12.3 Å². The zero-order valence-electron chi connectivity index (χ0n) is 12.8. The fourth-order valence-electron chi connectivity index (χ4n) is 2.71. The number of halogens is 1. The van der Waals surface area contributed by atoms with Gasteiger partial charge in [0.2, 0.25) is 5.91 Å². The minimum Gasteiger partial charge on any atom is -0.353 e. The Balaban J connectivity index is 0.00000192. The number of amides is 1. The summed E-state index contributed by atoms with van der Waals surface area (Å²) in [5, 5.41) is 6.52. The number of hydrogen-bond donors (Lipinski definition) is 2. The average Bonchev–Trinajstić information content (AvgIpc) is 2.59. The molecule has 2 aromatic rings. The zero-order chi connectivity index (χ0) is 15.2. The summed E-state index contributed by atoms with van der Waals surface area (Å²) in [4.78, 5) is 13.1. The van der Waals surface area contributed by atoms with E-state index >= 15 is 0 Å². The van der Waals surface area contributed by atoms with Crippen molar-refractivity contribution in [2.45, 2.75) is 17.4 Å². The number of fused-ring (bicyclic) bond motifs is 1. The van der Waals surface area contributed by atoms with Crippen LogP contribution >= 0.6 is 24.2 Å². The molecule has 1 aliphatic heterocycles. The largest absolute Gasteiger partial charge is 0.353 e. The summed E-state index contributed by atoms with van der Waals surface area (Å²) in [6.45, 7) is 1.61. The lowest BCUT2D eigenvalue weighted by Gasteiger charge is -2.27. The van der Waals surface area contributed by atoms with Crippen LogP contribution in [0.1, 0.15) is 17.2 Å². The highest BCUT2D eigenvalue weighted by molar-refractivity contribution is 8.00. The number of carbonyl (C=O) groups is 1. The van der Waals surface area contributed by atoms with E-state index in [9.17, 15) is 4.79 Å². The smallest absolute Gasteiger partial charge is 0.230 e. The maximum atomic E-state index is 12.0. The third-order valence-corrected chi connectivity index (χ3v) is 4.84. The van der Waals surface area contributed by atoms with Crippen LogP contribution in [0.2, 0.25) is 0 Å². The van der Waals surface area contributed by atoms with Gasteiger partial charge in [-0.1, -0.05) is 42.5 Å². The number of carbonyl (C=O) groups excluding carboxylic acids is 1. The molecule has 0 saturated heterocycles. The molecule has 3 rings (SSSR count). The molecule has 0 aromatic heterocycles. The average molecular weight is 349 g/mol. The van der Waals surface area contributed by atoms with Gasteiger partial charge in [0, 0.05) is 17.5 Å². The first-order valence-corrected chi connectivity index (χ1v) is 8.57. The molecule has 1 aliphatic rings. The van der Waals surface area contributed by atoms with Gasteiger partial charge in [-0.05, 0) is 36.2 Å². The standard InChI is InChI=1S/C18H20N2OS.ClH/c21-18(13-22-15-7-2-1-3-8-15)20-12-17-16-9-5-4-6-14(16)10-11-19-17;/h1-9,17,19H,10-13H2,(H,20,21);1H. The maximum absolute atomic E-state index is 12.0. The van der Waals surface area contributed by atoms with Crippen molar-refractivity contribution in [2.24, 2.45) is 0 Å². The number of rotatable bonds is 5. The molecule has 0 spiro atoms. The summed E-state index contributed by atoms with van der Waals surface area (Å²) in [5.41, 5.74) is 2.70. The number of benzene rings is 2. The molecule has 1 unspecified atom stereocenters. The van der Waals surface area contributed by atoms with Crippen molar-refractivity contribution in [2.75, 3.05) is 18.8 Å². The van der Waals surface area contributed by atoms with Gasteiger partial charge in [-0.3, -0.25) is 4.79 Å². The van der Waals surface area contributed by atoms with Crippen LogP contribution in [-0.2, 0) is 11.2 Å². The molecule has 0 saturated carbocycles. The van der Waals surface area contributed by atoms with E-state index in [1.54, 1.807) is 11.8 Å². The minimum absolute atomic E-state index is 0. The van der Waals surface area contributed by atoms with E-state index in [0.717, 1.165) is 17.9 Å². The second-order valence-electron chi connectivity index (χ2n) is 5.36. The SMILES string of the molecule is Cl.O=C(CSc1ccccc1)NCC1NCCc2ccccc21. The van der Waals surface area contributed by atoms with E-state index in [2.05, 4.69) is 34.9 Å². The Kier molecular flexibility index (Phi) is 6.96. The fourth-order valence-corrected chi connectivity index (χ4v) is 3.46. The van der Waals surface area contributed by atoms with E-state index in [1.165, 1.54) is 11.1 Å². The molecule has 5 heteroatoms. The molecule has 1 heterocycles. The highest BCUT2D eigenvalue weighted by Gasteiger charge is 2.19. The van der Waals surface area contributed by atoms with Gasteiger partial charge in [0.25, 0.3) is 0 Å². The van der Waals surface area contributed by atoms with Gasteiger partial charge in [0.1, 0.15) is 0 Å². The highest BCUT2D eigenvalue weighted by Crippen LogP contribution is 2.22. The van der Waals surface area contributed by atoms with Gasteiger partial charge < -0.3 is 10.6 Å². The summed E-state index contributed by atoms with van der Waals surface area (Å²) in [5.74, 6) is 0.539. The van der Waals surface area contributed by atoms with Gasteiger partial charge >= 0.3 is 0 Å². The first-order valence-electron chi connectivity index (χ1n) is 7.58. The van der Waals surface area contributed by atoms with E-state index in [1.807, 2.05) is 30.3 Å². The second kappa shape index (κ2) is 8.96. The molecule has 0 bridgehead atoms. The first-order chi connectivity index (χ1) is 10.8. The lowest BCUT2D eigenvalue weighted by Crippen LogP contribution is -2.39. The van der Waals surface area contributed by atoms with Crippen LogP contribution in [0.15, 0.2) is 59.5 Å². The Hall–Kier alpha value is -1.49. The molecule has 0 aliphatic carbocycles. The van der Waals surface area contributed by atoms with Crippen molar-refractivity contribution in [1.82, 2.24) is 10.6 Å². The number of thioether (sulfide) groups is 1. The number of hydrogen-bond acceptors (Lipinski definition) is 3. The monoisotopic (exact) mass is 348 g/mol. The van der Waals surface area contributed by atoms with Crippen molar-refractivity contribution < 1.29 is 4.79 Å². The topological polar surface area (TPSA) is 41.1 Å². The molecule has 2 N–H and O–H groups in total. The summed E-state index contributed by atoms with van der Waals surface area (Å²) < 4.78 is 0. The maximum Gasteiger partial charge on any atom is 0.230 e. The minimum atomic E-state index is 0. The van der Waals surface area contributed by atoms with Crippen LogP contribution in [0, 0.1) is 0 Å². The molecular weight excluding hydrogens is 328 g/mol. The Morgan fingerprint density at radius 2 is 1.87 bits per heavy atom. The Morgan fingerprint density at radius 1 is 1.13 bits per heavy atom. The Bertz CT molecular complexity index is 636. The molecule has 3 nitrogen and oxygen atoms in total. The summed E-state index contributed by atoms with van der Waals surface area (Å²) in [7, 11) is 0. The van der Waals surface area contributed by atoms with E-state index in [4.69, 9.17) is 0 Å². The van der Waals surface area contributed by atoms with Crippen LogP contribution < -0.4 is 10.6 Å². The Labute approximate surface area is 147 Å².